The number of aldehydes is 1. The topological polar surface area (TPSA) is 65.8 Å². The lowest BCUT2D eigenvalue weighted by atomic mass is 10.1. The number of halogens is 2. The zero-order valence-corrected chi connectivity index (χ0v) is 8.81. The van der Waals surface area contributed by atoms with Gasteiger partial charge in [-0.1, -0.05) is 17.3 Å². The fourth-order valence-corrected chi connectivity index (χ4v) is 1.18. The number of rotatable bonds is 5. The Morgan fingerprint density at radius 2 is 1.94 bits per heavy atom. The third-order valence-corrected chi connectivity index (χ3v) is 2.00. The largest absolute Gasteiger partial charge is 0.298 e. The summed E-state index contributed by atoms with van der Waals surface area (Å²) in [6.07, 6.45) is 3.63. The van der Waals surface area contributed by atoms with E-state index in [1.165, 1.54) is 6.08 Å². The molecule has 0 unspecified atom stereocenters. The maximum Gasteiger partial charge on any atom is 0.153 e. The van der Waals surface area contributed by atoms with Crippen LogP contribution in [0.4, 0.5) is 8.78 Å². The second-order valence-electron chi connectivity index (χ2n) is 3.16. The Morgan fingerprint density at radius 3 is 2.59 bits per heavy atom. The van der Waals surface area contributed by atoms with Crippen LogP contribution in [0.1, 0.15) is 22.3 Å². The highest BCUT2D eigenvalue weighted by Crippen LogP contribution is 2.15. The van der Waals surface area contributed by atoms with E-state index in [2.05, 4.69) is 10.0 Å². The molecule has 6 heteroatoms. The molecule has 0 aliphatic carbocycles. The molecule has 0 N–H and O–H groups in total. The molecule has 0 atom stereocenters. The number of azide groups is 1. The van der Waals surface area contributed by atoms with Gasteiger partial charge in [0.2, 0.25) is 0 Å². The number of benzene rings is 1. The van der Waals surface area contributed by atoms with E-state index in [-0.39, 0.29) is 24.0 Å². The fourth-order valence-electron chi connectivity index (χ4n) is 1.18. The van der Waals surface area contributed by atoms with E-state index in [1.807, 2.05) is 0 Å². The summed E-state index contributed by atoms with van der Waals surface area (Å²) in [6, 6.07) is 1.79. The molecule has 1 rings (SSSR count). The summed E-state index contributed by atoms with van der Waals surface area (Å²) in [5.41, 5.74) is 7.75. The molecule has 0 heterocycles. The van der Waals surface area contributed by atoms with Gasteiger partial charge in [0.05, 0.1) is 5.56 Å². The molecule has 0 aliphatic rings. The first-order valence-electron chi connectivity index (χ1n) is 4.80. The van der Waals surface area contributed by atoms with Crippen molar-refractivity contribution in [3.8, 4) is 0 Å². The summed E-state index contributed by atoms with van der Waals surface area (Å²) in [4.78, 5) is 12.9. The van der Waals surface area contributed by atoms with Crippen LogP contribution in [0.2, 0.25) is 0 Å². The molecule has 0 radical (unpaired) electrons. The minimum atomic E-state index is -0.768. The van der Waals surface area contributed by atoms with Crippen LogP contribution in [0.3, 0.4) is 0 Å². The minimum absolute atomic E-state index is 0.0500. The van der Waals surface area contributed by atoms with Gasteiger partial charge in [0, 0.05) is 17.0 Å². The maximum atomic E-state index is 13.3. The Balaban J connectivity index is 2.81. The van der Waals surface area contributed by atoms with E-state index in [1.54, 1.807) is 6.08 Å². The normalized spacial score (nSPS) is 10.2. The van der Waals surface area contributed by atoms with Crippen LogP contribution in [0.25, 0.3) is 16.5 Å². The summed E-state index contributed by atoms with van der Waals surface area (Å²) >= 11 is 0. The van der Waals surface area contributed by atoms with Crippen molar-refractivity contribution in [2.24, 2.45) is 5.11 Å². The average molecular weight is 237 g/mol. The molecule has 17 heavy (non-hydrogen) atoms. The number of carbonyl (C=O) groups excluding carboxylic acids is 1. The van der Waals surface area contributed by atoms with Crippen LogP contribution in [0, 0.1) is 11.6 Å². The summed E-state index contributed by atoms with van der Waals surface area (Å²) in [5, 5.41) is 3.29. The monoisotopic (exact) mass is 237 g/mol. The van der Waals surface area contributed by atoms with Crippen LogP contribution < -0.4 is 0 Å². The number of hydrogen-bond acceptors (Lipinski definition) is 2. The lowest BCUT2D eigenvalue weighted by Gasteiger charge is -1.99. The first-order chi connectivity index (χ1) is 8.19. The molecule has 0 amide bonds. The molecule has 0 spiro atoms. The van der Waals surface area contributed by atoms with Crippen molar-refractivity contribution in [3.05, 3.63) is 51.4 Å². The van der Waals surface area contributed by atoms with Gasteiger partial charge in [-0.05, 0) is 24.1 Å². The molecule has 1 aromatic rings. The van der Waals surface area contributed by atoms with Crippen molar-refractivity contribution < 1.29 is 13.6 Å². The Hall–Kier alpha value is -2.20. The van der Waals surface area contributed by atoms with Gasteiger partial charge in [0.15, 0.2) is 6.29 Å². The quantitative estimate of drug-likeness (QED) is 0.254. The zero-order chi connectivity index (χ0) is 12.7. The summed E-state index contributed by atoms with van der Waals surface area (Å²) < 4.78 is 26.5. The zero-order valence-electron chi connectivity index (χ0n) is 8.81. The van der Waals surface area contributed by atoms with Crippen molar-refractivity contribution in [1.29, 1.82) is 0 Å². The van der Waals surface area contributed by atoms with E-state index >= 15 is 0 Å². The highest BCUT2D eigenvalue weighted by atomic mass is 19.1. The van der Waals surface area contributed by atoms with Crippen LogP contribution in [-0.4, -0.2) is 12.8 Å². The Bertz CT molecular complexity index is 494. The van der Waals surface area contributed by atoms with Crippen molar-refractivity contribution >= 4 is 12.4 Å². The van der Waals surface area contributed by atoms with E-state index in [0.717, 1.165) is 12.1 Å². The van der Waals surface area contributed by atoms with Gasteiger partial charge in [-0.15, -0.1) is 0 Å². The average Bonchev–Trinajstić information content (AvgIpc) is 2.32. The van der Waals surface area contributed by atoms with Crippen LogP contribution >= 0.6 is 0 Å². The Labute approximate surface area is 96.2 Å². The maximum absolute atomic E-state index is 13.3. The molecule has 1 aromatic carbocycles. The predicted molar refractivity (Wildman–Crippen MR) is 59.4 cm³/mol. The van der Waals surface area contributed by atoms with Crippen LogP contribution in [-0.2, 0) is 0 Å². The summed E-state index contributed by atoms with van der Waals surface area (Å²) in [6.45, 7) is 0.253. The second kappa shape index (κ2) is 6.40. The smallest absolute Gasteiger partial charge is 0.153 e. The van der Waals surface area contributed by atoms with E-state index in [0.29, 0.717) is 6.42 Å². The van der Waals surface area contributed by atoms with E-state index < -0.39 is 11.6 Å². The highest BCUT2D eigenvalue weighted by molar-refractivity contribution is 5.76. The number of carbonyl (C=O) groups is 1. The molecule has 0 aliphatic heterocycles. The van der Waals surface area contributed by atoms with Gasteiger partial charge in [-0.2, -0.15) is 0 Å². The van der Waals surface area contributed by atoms with Gasteiger partial charge in [-0.25, -0.2) is 8.78 Å². The molecular formula is C11H9F2N3O. The molecule has 4 nitrogen and oxygen atoms in total. The third kappa shape index (κ3) is 3.70. The lowest BCUT2D eigenvalue weighted by Crippen LogP contribution is -1.92. The highest BCUT2D eigenvalue weighted by Gasteiger charge is 2.06. The van der Waals surface area contributed by atoms with E-state index in [4.69, 9.17) is 5.53 Å². The van der Waals surface area contributed by atoms with Crippen molar-refractivity contribution in [1.82, 2.24) is 0 Å². The molecular weight excluding hydrogens is 228 g/mol. The number of nitrogens with zero attached hydrogens (tertiary/aromatic N) is 3. The van der Waals surface area contributed by atoms with Crippen molar-refractivity contribution in [3.63, 3.8) is 0 Å². The predicted octanol–water partition coefficient (Wildman–Crippen LogP) is 3.49. The molecule has 0 saturated carbocycles. The van der Waals surface area contributed by atoms with Gasteiger partial charge in [0.25, 0.3) is 0 Å². The Morgan fingerprint density at radius 1 is 1.29 bits per heavy atom. The molecule has 0 aromatic heterocycles. The van der Waals surface area contributed by atoms with Crippen molar-refractivity contribution in [2.45, 2.75) is 6.42 Å². The number of hydrogen-bond donors (Lipinski definition) is 0. The lowest BCUT2D eigenvalue weighted by molar-refractivity contribution is 0.111. The summed E-state index contributed by atoms with van der Waals surface area (Å²) in [7, 11) is 0. The Kier molecular flexibility index (Phi) is 4.84. The third-order valence-electron chi connectivity index (χ3n) is 2.00. The van der Waals surface area contributed by atoms with Gasteiger partial charge >= 0.3 is 0 Å². The van der Waals surface area contributed by atoms with E-state index in [9.17, 15) is 13.6 Å². The molecule has 0 saturated heterocycles. The SMILES string of the molecule is [N-]=[N+]=NCCC=Cc1cc(F)c(C=O)cc1F. The van der Waals surface area contributed by atoms with Crippen molar-refractivity contribution in [2.75, 3.05) is 6.54 Å². The first-order valence-corrected chi connectivity index (χ1v) is 4.80. The molecule has 88 valence electrons. The molecule has 0 fully saturated rings. The van der Waals surface area contributed by atoms with Crippen LogP contribution in [0.15, 0.2) is 23.3 Å². The van der Waals surface area contributed by atoms with Crippen LogP contribution in [0.5, 0.6) is 0 Å². The standard InChI is InChI=1S/C11H9F2N3O/c12-10-6-9(7-17)11(13)5-8(10)3-1-2-4-15-16-14/h1,3,5-7H,2,4H2. The second-order valence-corrected chi connectivity index (χ2v) is 3.16. The van der Waals surface area contributed by atoms with Gasteiger partial charge in [-0.3, -0.25) is 4.79 Å². The van der Waals surface area contributed by atoms with Gasteiger partial charge in [0.1, 0.15) is 11.6 Å². The summed E-state index contributed by atoms with van der Waals surface area (Å²) in [5.74, 6) is -1.44. The molecule has 0 bridgehead atoms. The first kappa shape index (κ1) is 12.9. The fraction of sp³-hybridized carbons (Fsp3) is 0.182. The minimum Gasteiger partial charge on any atom is -0.298 e. The van der Waals surface area contributed by atoms with Gasteiger partial charge < -0.3 is 0 Å².